The van der Waals surface area contributed by atoms with Gasteiger partial charge in [0.15, 0.2) is 0 Å². The summed E-state index contributed by atoms with van der Waals surface area (Å²) in [5.41, 5.74) is 3.69. The summed E-state index contributed by atoms with van der Waals surface area (Å²) in [4.78, 5) is 31.5. The molecule has 36 heavy (non-hydrogen) atoms. The maximum atomic E-state index is 14.1. The van der Waals surface area contributed by atoms with Crippen molar-refractivity contribution in [2.75, 3.05) is 0 Å². The molecule has 2 N–H and O–H groups in total. The van der Waals surface area contributed by atoms with Crippen molar-refractivity contribution in [2.24, 2.45) is 0 Å². The Labute approximate surface area is 213 Å². The SMILES string of the molecule is Cc1ccccc1C(NCc1ccc2[nH]c(=O)ccc2c1)C(=O)N(Cc1ccco1)Cc1cccs1. The summed E-state index contributed by atoms with van der Waals surface area (Å²) in [6.45, 7) is 3.41. The predicted molar refractivity (Wildman–Crippen MR) is 143 cm³/mol. The minimum atomic E-state index is -0.535. The second-order valence-electron chi connectivity index (χ2n) is 8.77. The molecule has 0 aliphatic rings. The molecular formula is C29H27N3O3S. The molecule has 0 saturated carbocycles. The maximum Gasteiger partial charge on any atom is 0.248 e. The molecule has 0 spiro atoms. The number of rotatable bonds is 9. The lowest BCUT2D eigenvalue weighted by atomic mass is 9.99. The number of hydrogen-bond acceptors (Lipinski definition) is 5. The number of benzene rings is 2. The highest BCUT2D eigenvalue weighted by atomic mass is 32.1. The summed E-state index contributed by atoms with van der Waals surface area (Å²) in [6.07, 6.45) is 1.63. The average molecular weight is 498 g/mol. The van der Waals surface area contributed by atoms with Crippen LogP contribution in [0.2, 0.25) is 0 Å². The van der Waals surface area contributed by atoms with Gasteiger partial charge >= 0.3 is 0 Å². The average Bonchev–Trinajstić information content (AvgIpc) is 3.59. The van der Waals surface area contributed by atoms with E-state index in [4.69, 9.17) is 4.42 Å². The van der Waals surface area contributed by atoms with Crippen molar-refractivity contribution >= 4 is 28.1 Å². The van der Waals surface area contributed by atoms with E-state index in [9.17, 15) is 9.59 Å². The van der Waals surface area contributed by atoms with E-state index in [2.05, 4.69) is 10.3 Å². The van der Waals surface area contributed by atoms with Gasteiger partial charge in [0.2, 0.25) is 11.5 Å². The standard InChI is InChI=1S/C29H27N3O3S/c1-20-6-2-3-9-25(20)28(30-17-21-10-12-26-22(16-21)11-13-27(33)31-26)29(34)32(18-23-7-4-14-35-23)19-24-8-5-15-36-24/h2-16,28,30H,17-19H2,1H3,(H,31,33). The van der Waals surface area contributed by atoms with Gasteiger partial charge in [-0.25, -0.2) is 0 Å². The number of hydrogen-bond donors (Lipinski definition) is 2. The monoisotopic (exact) mass is 497 g/mol. The van der Waals surface area contributed by atoms with Crippen molar-refractivity contribution in [3.8, 4) is 0 Å². The van der Waals surface area contributed by atoms with Crippen LogP contribution in [0.25, 0.3) is 10.9 Å². The molecule has 5 aromatic rings. The van der Waals surface area contributed by atoms with Crippen molar-refractivity contribution in [3.05, 3.63) is 128 Å². The Balaban J connectivity index is 1.44. The van der Waals surface area contributed by atoms with Gasteiger partial charge in [0.05, 0.1) is 19.4 Å². The van der Waals surface area contributed by atoms with Gasteiger partial charge in [0.1, 0.15) is 11.8 Å². The molecule has 5 rings (SSSR count). The Bertz CT molecular complexity index is 1470. The summed E-state index contributed by atoms with van der Waals surface area (Å²) >= 11 is 1.63. The number of furan rings is 1. The molecule has 3 aromatic heterocycles. The third-order valence-corrected chi connectivity index (χ3v) is 7.07. The van der Waals surface area contributed by atoms with Crippen molar-refractivity contribution < 1.29 is 9.21 Å². The van der Waals surface area contributed by atoms with Gasteiger partial charge < -0.3 is 14.3 Å². The highest BCUT2D eigenvalue weighted by Crippen LogP contribution is 2.24. The minimum absolute atomic E-state index is 0.0146. The third-order valence-electron chi connectivity index (χ3n) is 6.21. The lowest BCUT2D eigenvalue weighted by Gasteiger charge is -2.28. The van der Waals surface area contributed by atoms with E-state index in [1.807, 2.05) is 90.0 Å². The zero-order valence-corrected chi connectivity index (χ0v) is 20.8. The molecule has 6 nitrogen and oxygen atoms in total. The Hall–Kier alpha value is -3.94. The smallest absolute Gasteiger partial charge is 0.248 e. The zero-order chi connectivity index (χ0) is 24.9. The fourth-order valence-corrected chi connectivity index (χ4v) is 5.07. The van der Waals surface area contributed by atoms with Crippen LogP contribution in [0.5, 0.6) is 0 Å². The van der Waals surface area contributed by atoms with E-state index in [1.165, 1.54) is 6.07 Å². The summed E-state index contributed by atoms with van der Waals surface area (Å²) < 4.78 is 5.58. The summed E-state index contributed by atoms with van der Waals surface area (Å²) in [7, 11) is 0. The van der Waals surface area contributed by atoms with Gasteiger partial charge in [0, 0.05) is 23.0 Å². The van der Waals surface area contributed by atoms with E-state index in [0.29, 0.717) is 19.6 Å². The topological polar surface area (TPSA) is 78.3 Å². The number of thiophene rings is 1. The van der Waals surface area contributed by atoms with Crippen LogP contribution in [0.4, 0.5) is 0 Å². The van der Waals surface area contributed by atoms with E-state index >= 15 is 0 Å². The van der Waals surface area contributed by atoms with Crippen LogP contribution in [0.1, 0.15) is 33.4 Å². The lowest BCUT2D eigenvalue weighted by molar-refractivity contribution is -0.135. The molecule has 1 unspecified atom stereocenters. The maximum absolute atomic E-state index is 14.1. The molecule has 2 aromatic carbocycles. The van der Waals surface area contributed by atoms with Crippen molar-refractivity contribution in [1.29, 1.82) is 0 Å². The molecule has 0 bridgehead atoms. The highest BCUT2D eigenvalue weighted by Gasteiger charge is 2.28. The molecule has 0 radical (unpaired) electrons. The minimum Gasteiger partial charge on any atom is -0.467 e. The molecule has 7 heteroatoms. The fraction of sp³-hybridized carbons (Fsp3) is 0.172. The number of carbonyl (C=O) groups is 1. The largest absolute Gasteiger partial charge is 0.467 e. The molecular weight excluding hydrogens is 470 g/mol. The van der Waals surface area contributed by atoms with Crippen molar-refractivity contribution in [3.63, 3.8) is 0 Å². The second kappa shape index (κ2) is 10.8. The fourth-order valence-electron chi connectivity index (χ4n) is 4.35. The first-order valence-corrected chi connectivity index (χ1v) is 12.7. The first-order chi connectivity index (χ1) is 17.6. The van der Waals surface area contributed by atoms with E-state index in [1.54, 1.807) is 17.6 Å². The third kappa shape index (κ3) is 5.48. The van der Waals surface area contributed by atoms with E-state index in [0.717, 1.165) is 38.2 Å². The number of fused-ring (bicyclic) bond motifs is 1. The van der Waals surface area contributed by atoms with E-state index in [-0.39, 0.29) is 11.5 Å². The Kier molecular flexibility index (Phi) is 7.11. The summed E-state index contributed by atoms with van der Waals surface area (Å²) in [5.74, 6) is 0.728. The van der Waals surface area contributed by atoms with Gasteiger partial charge in [0.25, 0.3) is 0 Å². The van der Waals surface area contributed by atoms with Crippen LogP contribution in [0.15, 0.2) is 99.7 Å². The van der Waals surface area contributed by atoms with Gasteiger partial charge in [-0.15, -0.1) is 11.3 Å². The zero-order valence-electron chi connectivity index (χ0n) is 19.9. The van der Waals surface area contributed by atoms with Gasteiger partial charge in [-0.1, -0.05) is 36.4 Å². The normalized spacial score (nSPS) is 12.0. The Morgan fingerprint density at radius 3 is 2.69 bits per heavy atom. The van der Waals surface area contributed by atoms with Crippen molar-refractivity contribution in [1.82, 2.24) is 15.2 Å². The number of carbonyl (C=O) groups excluding carboxylic acids is 1. The molecule has 0 aliphatic heterocycles. The van der Waals surface area contributed by atoms with Gasteiger partial charge in [-0.2, -0.15) is 0 Å². The Morgan fingerprint density at radius 2 is 1.92 bits per heavy atom. The second-order valence-corrected chi connectivity index (χ2v) is 9.80. The van der Waals surface area contributed by atoms with Crippen LogP contribution < -0.4 is 10.9 Å². The number of amides is 1. The van der Waals surface area contributed by atoms with Crippen molar-refractivity contribution in [2.45, 2.75) is 32.6 Å². The molecule has 0 saturated heterocycles. The molecule has 1 amide bonds. The molecule has 3 heterocycles. The predicted octanol–water partition coefficient (Wildman–Crippen LogP) is 5.55. The van der Waals surface area contributed by atoms with Crippen LogP contribution in [-0.4, -0.2) is 15.8 Å². The summed E-state index contributed by atoms with van der Waals surface area (Å²) in [5, 5.41) is 6.49. The molecule has 182 valence electrons. The van der Waals surface area contributed by atoms with Crippen LogP contribution in [0.3, 0.4) is 0 Å². The number of aryl methyl sites for hydroxylation is 1. The van der Waals surface area contributed by atoms with E-state index < -0.39 is 6.04 Å². The van der Waals surface area contributed by atoms with Gasteiger partial charge in [-0.05, 0) is 70.8 Å². The van der Waals surface area contributed by atoms with Gasteiger partial charge in [-0.3, -0.25) is 14.9 Å². The van der Waals surface area contributed by atoms with Crippen LogP contribution in [-0.2, 0) is 24.4 Å². The summed E-state index contributed by atoms with van der Waals surface area (Å²) in [6, 6.07) is 24.5. The number of H-pyrrole nitrogens is 1. The highest BCUT2D eigenvalue weighted by molar-refractivity contribution is 7.09. The quantitative estimate of drug-likeness (QED) is 0.280. The number of aromatic amines is 1. The Morgan fingerprint density at radius 1 is 1.03 bits per heavy atom. The number of pyridine rings is 1. The first kappa shape index (κ1) is 23.8. The number of nitrogens with zero attached hydrogens (tertiary/aromatic N) is 1. The van der Waals surface area contributed by atoms with Crippen LogP contribution >= 0.6 is 11.3 Å². The number of nitrogens with one attached hydrogen (secondary N) is 2. The number of aromatic nitrogens is 1. The lowest BCUT2D eigenvalue weighted by Crippen LogP contribution is -2.40. The first-order valence-electron chi connectivity index (χ1n) is 11.8. The van der Waals surface area contributed by atoms with Crippen LogP contribution in [0, 0.1) is 6.92 Å². The molecule has 1 atom stereocenters. The molecule has 0 fully saturated rings. The molecule has 0 aliphatic carbocycles.